The SMILES string of the molecule is CCOC(=O)C1(C)C=C2c3ccccc3C(=O)CC2C1. The molecule has 20 heavy (non-hydrogen) atoms. The van der Waals surface area contributed by atoms with Crippen LogP contribution in [-0.4, -0.2) is 18.4 Å². The zero-order chi connectivity index (χ0) is 14.3. The summed E-state index contributed by atoms with van der Waals surface area (Å²) in [5, 5.41) is 0. The fraction of sp³-hybridized carbons (Fsp3) is 0.412. The van der Waals surface area contributed by atoms with Gasteiger partial charge in [-0.25, -0.2) is 0 Å². The van der Waals surface area contributed by atoms with Gasteiger partial charge in [0.2, 0.25) is 0 Å². The number of rotatable bonds is 2. The fourth-order valence-corrected chi connectivity index (χ4v) is 3.37. The quantitative estimate of drug-likeness (QED) is 0.775. The molecule has 0 spiro atoms. The summed E-state index contributed by atoms with van der Waals surface area (Å²) in [5.41, 5.74) is 2.30. The molecule has 0 amide bonds. The molecule has 3 heteroatoms. The lowest BCUT2D eigenvalue weighted by Crippen LogP contribution is -2.27. The van der Waals surface area contributed by atoms with E-state index in [-0.39, 0.29) is 17.7 Å². The van der Waals surface area contributed by atoms with E-state index in [4.69, 9.17) is 4.74 Å². The number of allylic oxidation sites excluding steroid dienone is 1. The maximum Gasteiger partial charge on any atom is 0.315 e. The summed E-state index contributed by atoms with van der Waals surface area (Å²) in [6.45, 7) is 4.11. The van der Waals surface area contributed by atoms with E-state index in [9.17, 15) is 9.59 Å². The Labute approximate surface area is 118 Å². The van der Waals surface area contributed by atoms with E-state index < -0.39 is 5.41 Å². The number of carbonyl (C=O) groups is 2. The Bertz CT molecular complexity index is 614. The average Bonchev–Trinajstić information content (AvgIpc) is 2.78. The van der Waals surface area contributed by atoms with E-state index in [1.165, 1.54) is 0 Å². The largest absolute Gasteiger partial charge is 0.465 e. The van der Waals surface area contributed by atoms with Gasteiger partial charge in [-0.3, -0.25) is 9.59 Å². The van der Waals surface area contributed by atoms with Crippen LogP contribution in [0.4, 0.5) is 0 Å². The number of hydrogen-bond donors (Lipinski definition) is 0. The van der Waals surface area contributed by atoms with Crippen LogP contribution in [0.15, 0.2) is 30.3 Å². The van der Waals surface area contributed by atoms with E-state index in [2.05, 4.69) is 0 Å². The molecular weight excluding hydrogens is 252 g/mol. The molecular formula is C17H18O3. The van der Waals surface area contributed by atoms with Gasteiger partial charge in [0.15, 0.2) is 5.78 Å². The summed E-state index contributed by atoms with van der Waals surface area (Å²) in [7, 11) is 0. The first kappa shape index (κ1) is 13.1. The van der Waals surface area contributed by atoms with Gasteiger partial charge < -0.3 is 4.74 Å². The number of benzene rings is 1. The second-order valence-electron chi connectivity index (χ2n) is 5.81. The third kappa shape index (κ3) is 1.89. The predicted molar refractivity (Wildman–Crippen MR) is 76.2 cm³/mol. The van der Waals surface area contributed by atoms with Crippen molar-refractivity contribution in [2.24, 2.45) is 11.3 Å². The Kier molecular flexibility index (Phi) is 3.00. The molecule has 104 valence electrons. The normalized spacial score (nSPS) is 27.6. The molecule has 2 unspecified atom stereocenters. The molecule has 0 saturated heterocycles. The van der Waals surface area contributed by atoms with Crippen LogP contribution >= 0.6 is 0 Å². The van der Waals surface area contributed by atoms with Crippen LogP contribution in [0.25, 0.3) is 5.57 Å². The number of hydrogen-bond acceptors (Lipinski definition) is 3. The summed E-state index contributed by atoms with van der Waals surface area (Å²) < 4.78 is 5.18. The number of fused-ring (bicyclic) bond motifs is 3. The Hall–Kier alpha value is -1.90. The lowest BCUT2D eigenvalue weighted by Gasteiger charge is -2.24. The molecule has 2 aliphatic carbocycles. The van der Waals surface area contributed by atoms with E-state index in [1.54, 1.807) is 0 Å². The molecule has 3 rings (SSSR count). The Morgan fingerprint density at radius 1 is 1.35 bits per heavy atom. The molecule has 0 aliphatic heterocycles. The summed E-state index contributed by atoms with van der Waals surface area (Å²) in [4.78, 5) is 24.3. The summed E-state index contributed by atoms with van der Waals surface area (Å²) in [5.74, 6) is 0.134. The molecule has 0 bridgehead atoms. The summed E-state index contributed by atoms with van der Waals surface area (Å²) >= 11 is 0. The molecule has 2 aliphatic rings. The maximum atomic E-state index is 12.2. The third-order valence-corrected chi connectivity index (χ3v) is 4.30. The van der Waals surface area contributed by atoms with Crippen LogP contribution in [0.5, 0.6) is 0 Å². The molecule has 1 aromatic carbocycles. The van der Waals surface area contributed by atoms with Crippen molar-refractivity contribution in [2.75, 3.05) is 6.61 Å². The van der Waals surface area contributed by atoms with Gasteiger partial charge in [-0.05, 0) is 37.3 Å². The zero-order valence-electron chi connectivity index (χ0n) is 11.8. The van der Waals surface area contributed by atoms with Gasteiger partial charge in [-0.15, -0.1) is 0 Å². The topological polar surface area (TPSA) is 43.4 Å². The molecule has 1 aromatic rings. The second kappa shape index (κ2) is 4.58. The van der Waals surface area contributed by atoms with Gasteiger partial charge in [-0.2, -0.15) is 0 Å². The van der Waals surface area contributed by atoms with Gasteiger partial charge in [0.25, 0.3) is 0 Å². The van der Waals surface area contributed by atoms with E-state index in [1.807, 2.05) is 44.2 Å². The van der Waals surface area contributed by atoms with Crippen LogP contribution in [0.2, 0.25) is 0 Å². The van der Waals surface area contributed by atoms with Crippen LogP contribution in [0.3, 0.4) is 0 Å². The molecule has 0 N–H and O–H groups in total. The van der Waals surface area contributed by atoms with Gasteiger partial charge >= 0.3 is 5.97 Å². The van der Waals surface area contributed by atoms with Crippen molar-refractivity contribution in [1.82, 2.24) is 0 Å². The summed E-state index contributed by atoms with van der Waals surface area (Å²) in [6, 6.07) is 7.67. The average molecular weight is 270 g/mol. The molecule has 2 atom stereocenters. The Morgan fingerprint density at radius 3 is 2.75 bits per heavy atom. The van der Waals surface area contributed by atoms with Crippen molar-refractivity contribution < 1.29 is 14.3 Å². The lowest BCUT2D eigenvalue weighted by atomic mass is 9.79. The predicted octanol–water partition coefficient (Wildman–Crippen LogP) is 3.25. The van der Waals surface area contributed by atoms with Gasteiger partial charge in [-0.1, -0.05) is 30.3 Å². The Morgan fingerprint density at radius 2 is 2.05 bits per heavy atom. The minimum atomic E-state index is -0.603. The number of ether oxygens (including phenoxy) is 1. The van der Waals surface area contributed by atoms with Crippen molar-refractivity contribution in [3.8, 4) is 0 Å². The molecule has 0 heterocycles. The first-order chi connectivity index (χ1) is 9.55. The number of Topliss-reactive ketones (excluding diaryl/α,β-unsaturated/α-hetero) is 1. The Balaban J connectivity index is 2.03. The van der Waals surface area contributed by atoms with Crippen LogP contribution in [0.1, 0.15) is 42.6 Å². The highest BCUT2D eigenvalue weighted by atomic mass is 16.5. The minimum absolute atomic E-state index is 0.145. The summed E-state index contributed by atoms with van der Waals surface area (Å²) in [6.07, 6.45) is 3.18. The van der Waals surface area contributed by atoms with Gasteiger partial charge in [0.05, 0.1) is 12.0 Å². The van der Waals surface area contributed by atoms with E-state index in [0.717, 1.165) is 16.7 Å². The van der Waals surface area contributed by atoms with Crippen molar-refractivity contribution in [2.45, 2.75) is 26.7 Å². The molecule has 0 aromatic heterocycles. The minimum Gasteiger partial charge on any atom is -0.465 e. The highest BCUT2D eigenvalue weighted by Crippen LogP contribution is 2.49. The number of carbonyl (C=O) groups excluding carboxylic acids is 2. The second-order valence-corrected chi connectivity index (χ2v) is 5.81. The lowest BCUT2D eigenvalue weighted by molar-refractivity contribution is -0.151. The zero-order valence-corrected chi connectivity index (χ0v) is 11.8. The highest BCUT2D eigenvalue weighted by Gasteiger charge is 2.45. The number of esters is 1. The standard InChI is InChI=1S/C17H18O3/c1-3-20-16(19)17(2)9-11-8-15(18)13-7-5-4-6-12(13)14(11)10-17/h4-7,10-11H,3,8-9H2,1-2H3. The van der Waals surface area contributed by atoms with Gasteiger partial charge in [0, 0.05) is 12.0 Å². The van der Waals surface area contributed by atoms with E-state index in [0.29, 0.717) is 19.4 Å². The van der Waals surface area contributed by atoms with Crippen molar-refractivity contribution in [3.63, 3.8) is 0 Å². The van der Waals surface area contributed by atoms with Crippen LogP contribution in [0, 0.1) is 11.3 Å². The molecule has 0 saturated carbocycles. The molecule has 0 fully saturated rings. The first-order valence-electron chi connectivity index (χ1n) is 7.08. The van der Waals surface area contributed by atoms with Crippen molar-refractivity contribution in [3.05, 3.63) is 41.5 Å². The highest BCUT2D eigenvalue weighted by molar-refractivity contribution is 6.05. The monoisotopic (exact) mass is 270 g/mol. The number of ketones is 1. The first-order valence-corrected chi connectivity index (χ1v) is 7.08. The van der Waals surface area contributed by atoms with Crippen LogP contribution in [-0.2, 0) is 9.53 Å². The fourth-order valence-electron chi connectivity index (χ4n) is 3.37. The third-order valence-electron chi connectivity index (χ3n) is 4.30. The molecule has 0 radical (unpaired) electrons. The smallest absolute Gasteiger partial charge is 0.315 e. The van der Waals surface area contributed by atoms with E-state index >= 15 is 0 Å². The van der Waals surface area contributed by atoms with Crippen molar-refractivity contribution in [1.29, 1.82) is 0 Å². The van der Waals surface area contributed by atoms with Gasteiger partial charge in [0.1, 0.15) is 0 Å². The molecule has 3 nitrogen and oxygen atoms in total. The van der Waals surface area contributed by atoms with Crippen molar-refractivity contribution >= 4 is 17.3 Å². The van der Waals surface area contributed by atoms with Crippen LogP contribution < -0.4 is 0 Å². The maximum absolute atomic E-state index is 12.2.